The SMILES string of the molecule is CC(C)(C)C1CCc2c(sc3nc(-c4ccccn4)c(CC(=O)O)n23)C1. The summed E-state index contributed by atoms with van der Waals surface area (Å²) in [6.45, 7) is 6.91. The van der Waals surface area contributed by atoms with Gasteiger partial charge in [-0.1, -0.05) is 26.8 Å². The van der Waals surface area contributed by atoms with E-state index in [1.54, 1.807) is 17.5 Å². The number of rotatable bonds is 3. The average Bonchev–Trinajstić information content (AvgIpc) is 3.10. The lowest BCUT2D eigenvalue weighted by atomic mass is 9.73. The first-order valence-corrected chi connectivity index (χ1v) is 9.81. The molecule has 0 aromatic carbocycles. The predicted molar refractivity (Wildman–Crippen MR) is 103 cm³/mol. The molecule has 6 heteroatoms. The number of thiazole rings is 1. The number of pyridine rings is 1. The van der Waals surface area contributed by atoms with Crippen molar-refractivity contribution in [1.82, 2.24) is 14.4 Å². The number of aromatic nitrogens is 3. The smallest absolute Gasteiger partial charge is 0.309 e. The summed E-state index contributed by atoms with van der Waals surface area (Å²) in [4.78, 5) is 22.9. The van der Waals surface area contributed by atoms with Crippen molar-refractivity contribution in [2.45, 2.75) is 46.5 Å². The van der Waals surface area contributed by atoms with Crippen LogP contribution in [0.3, 0.4) is 0 Å². The van der Waals surface area contributed by atoms with Gasteiger partial charge in [0.05, 0.1) is 17.8 Å². The van der Waals surface area contributed by atoms with Gasteiger partial charge in [-0.05, 0) is 42.7 Å². The molecule has 136 valence electrons. The lowest BCUT2D eigenvalue weighted by Gasteiger charge is -2.33. The van der Waals surface area contributed by atoms with Crippen LogP contribution in [0.5, 0.6) is 0 Å². The van der Waals surface area contributed by atoms with E-state index in [-0.39, 0.29) is 11.8 Å². The van der Waals surface area contributed by atoms with Crippen molar-refractivity contribution in [1.29, 1.82) is 0 Å². The highest BCUT2D eigenvalue weighted by atomic mass is 32.1. The van der Waals surface area contributed by atoms with Gasteiger partial charge in [-0.2, -0.15) is 0 Å². The molecule has 0 fully saturated rings. The number of carboxylic acids is 1. The Labute approximate surface area is 156 Å². The molecule has 1 atom stereocenters. The summed E-state index contributed by atoms with van der Waals surface area (Å²) in [5.41, 5.74) is 3.71. The Bertz CT molecular complexity index is 967. The van der Waals surface area contributed by atoms with Crippen LogP contribution in [-0.2, 0) is 24.1 Å². The summed E-state index contributed by atoms with van der Waals surface area (Å²) in [6, 6.07) is 5.65. The minimum Gasteiger partial charge on any atom is -0.481 e. The molecule has 0 aliphatic heterocycles. The Hall–Kier alpha value is -2.21. The van der Waals surface area contributed by atoms with Crippen molar-refractivity contribution in [3.05, 3.63) is 40.7 Å². The molecular formula is C20H23N3O2S. The third-order valence-electron chi connectivity index (χ3n) is 5.36. The van der Waals surface area contributed by atoms with Crippen molar-refractivity contribution >= 4 is 22.3 Å². The molecule has 1 N–H and O–H groups in total. The van der Waals surface area contributed by atoms with Crippen molar-refractivity contribution in [3.8, 4) is 11.4 Å². The highest BCUT2D eigenvalue weighted by Gasteiger charge is 2.32. The van der Waals surface area contributed by atoms with Crippen LogP contribution in [0.2, 0.25) is 0 Å². The van der Waals surface area contributed by atoms with Crippen LogP contribution in [0.15, 0.2) is 24.4 Å². The van der Waals surface area contributed by atoms with Gasteiger partial charge in [0.2, 0.25) is 0 Å². The van der Waals surface area contributed by atoms with Gasteiger partial charge in [-0.25, -0.2) is 4.98 Å². The first kappa shape index (κ1) is 17.2. The fourth-order valence-corrected chi connectivity index (χ4v) is 5.14. The van der Waals surface area contributed by atoms with Crippen LogP contribution in [-0.4, -0.2) is 25.4 Å². The number of hydrogen-bond donors (Lipinski definition) is 1. The molecule has 26 heavy (non-hydrogen) atoms. The zero-order valence-corrected chi connectivity index (χ0v) is 16.1. The minimum absolute atomic E-state index is 0.0427. The van der Waals surface area contributed by atoms with Crippen LogP contribution < -0.4 is 0 Å². The fourth-order valence-electron chi connectivity index (χ4n) is 3.87. The summed E-state index contributed by atoms with van der Waals surface area (Å²) in [6.07, 6.45) is 4.84. The van der Waals surface area contributed by atoms with Crippen LogP contribution >= 0.6 is 11.3 Å². The summed E-state index contributed by atoms with van der Waals surface area (Å²) in [5.74, 6) is -0.191. The summed E-state index contributed by atoms with van der Waals surface area (Å²) in [7, 11) is 0. The van der Waals surface area contributed by atoms with E-state index in [0.29, 0.717) is 11.6 Å². The zero-order valence-electron chi connectivity index (χ0n) is 15.3. The van der Waals surface area contributed by atoms with Crippen molar-refractivity contribution in [2.24, 2.45) is 11.3 Å². The summed E-state index contributed by atoms with van der Waals surface area (Å²) in [5, 5.41) is 9.45. The Morgan fingerprint density at radius 2 is 2.19 bits per heavy atom. The van der Waals surface area contributed by atoms with Gasteiger partial charge in [0.15, 0.2) is 4.96 Å². The normalized spacial score (nSPS) is 17.4. The monoisotopic (exact) mass is 369 g/mol. The Morgan fingerprint density at radius 1 is 1.38 bits per heavy atom. The standard InChI is InChI=1S/C20H23N3O2S/c1-20(2,3)12-7-8-14-16(10-12)26-19-22-18(13-6-4-5-9-21-13)15(23(14)19)11-17(24)25/h4-6,9,12H,7-8,10-11H2,1-3H3,(H,24,25). The summed E-state index contributed by atoms with van der Waals surface area (Å²) < 4.78 is 2.09. The number of aryl methyl sites for hydroxylation is 1. The van der Waals surface area contributed by atoms with Gasteiger partial charge in [-0.15, -0.1) is 11.3 Å². The fraction of sp³-hybridized carbons (Fsp3) is 0.450. The summed E-state index contributed by atoms with van der Waals surface area (Å²) >= 11 is 1.71. The molecule has 1 aliphatic carbocycles. The van der Waals surface area contributed by atoms with Gasteiger partial charge >= 0.3 is 5.97 Å². The first-order chi connectivity index (χ1) is 12.3. The lowest BCUT2D eigenvalue weighted by molar-refractivity contribution is -0.136. The highest BCUT2D eigenvalue weighted by Crippen LogP contribution is 2.41. The molecule has 0 spiro atoms. The molecule has 0 saturated carbocycles. The number of aliphatic carboxylic acids is 1. The molecule has 0 amide bonds. The van der Waals surface area contributed by atoms with E-state index in [1.165, 1.54) is 10.6 Å². The van der Waals surface area contributed by atoms with Crippen LogP contribution in [0.25, 0.3) is 16.3 Å². The minimum atomic E-state index is -0.840. The van der Waals surface area contributed by atoms with Crippen LogP contribution in [0.1, 0.15) is 43.5 Å². The number of carbonyl (C=O) groups is 1. The molecule has 4 rings (SSSR count). The van der Waals surface area contributed by atoms with Crippen molar-refractivity contribution < 1.29 is 9.90 Å². The van der Waals surface area contributed by atoms with E-state index < -0.39 is 5.97 Å². The molecule has 1 unspecified atom stereocenters. The van der Waals surface area contributed by atoms with Crippen LogP contribution in [0.4, 0.5) is 0 Å². The molecule has 0 bridgehead atoms. The van der Waals surface area contributed by atoms with E-state index >= 15 is 0 Å². The molecular weight excluding hydrogens is 346 g/mol. The zero-order chi connectivity index (χ0) is 18.5. The van der Waals surface area contributed by atoms with Gasteiger partial charge in [-0.3, -0.25) is 14.2 Å². The topological polar surface area (TPSA) is 67.5 Å². The maximum Gasteiger partial charge on any atom is 0.309 e. The number of hydrogen-bond acceptors (Lipinski definition) is 4. The molecule has 3 aromatic heterocycles. The molecule has 0 saturated heterocycles. The van der Waals surface area contributed by atoms with Crippen molar-refractivity contribution in [3.63, 3.8) is 0 Å². The van der Waals surface area contributed by atoms with E-state index in [0.717, 1.165) is 35.6 Å². The third kappa shape index (κ3) is 2.92. The van der Waals surface area contributed by atoms with Gasteiger partial charge < -0.3 is 5.11 Å². The van der Waals surface area contributed by atoms with Crippen molar-refractivity contribution in [2.75, 3.05) is 0 Å². The maximum atomic E-state index is 11.5. The largest absolute Gasteiger partial charge is 0.481 e. The first-order valence-electron chi connectivity index (χ1n) is 8.99. The molecule has 1 aliphatic rings. The number of fused-ring (bicyclic) bond motifs is 3. The Balaban J connectivity index is 1.85. The second-order valence-corrected chi connectivity index (χ2v) is 9.15. The van der Waals surface area contributed by atoms with Gasteiger partial charge in [0.1, 0.15) is 5.69 Å². The molecule has 5 nitrogen and oxygen atoms in total. The van der Waals surface area contributed by atoms with Gasteiger partial charge in [0.25, 0.3) is 0 Å². The predicted octanol–water partition coefficient (Wildman–Crippen LogP) is 4.24. The van der Waals surface area contributed by atoms with E-state index in [4.69, 9.17) is 4.98 Å². The van der Waals surface area contributed by atoms with E-state index in [1.807, 2.05) is 18.2 Å². The number of imidazole rings is 1. The number of carboxylic acid groups (broad SMARTS) is 1. The second-order valence-electron chi connectivity index (χ2n) is 8.09. The molecule has 0 radical (unpaired) electrons. The highest BCUT2D eigenvalue weighted by molar-refractivity contribution is 7.17. The van der Waals surface area contributed by atoms with E-state index in [9.17, 15) is 9.90 Å². The molecule has 3 heterocycles. The van der Waals surface area contributed by atoms with E-state index in [2.05, 4.69) is 30.2 Å². The quantitative estimate of drug-likeness (QED) is 0.750. The van der Waals surface area contributed by atoms with Gasteiger partial charge in [0, 0.05) is 16.8 Å². The van der Waals surface area contributed by atoms with Crippen LogP contribution in [0, 0.1) is 11.3 Å². The maximum absolute atomic E-state index is 11.5. The lowest BCUT2D eigenvalue weighted by Crippen LogP contribution is -2.26. The second kappa shape index (κ2) is 6.20. The Morgan fingerprint density at radius 3 is 2.85 bits per heavy atom. The average molecular weight is 369 g/mol. The Kier molecular flexibility index (Phi) is 4.10. The number of nitrogens with zero attached hydrogens (tertiary/aromatic N) is 3. The third-order valence-corrected chi connectivity index (χ3v) is 6.47. The molecule has 3 aromatic rings.